The number of ether oxygens (including phenoxy) is 1. The number of nitrogens with zero attached hydrogens (tertiary/aromatic N) is 1. The zero-order chi connectivity index (χ0) is 15.2. The molecule has 114 valence electrons. The van der Waals surface area contributed by atoms with E-state index in [-0.39, 0.29) is 0 Å². The van der Waals surface area contributed by atoms with Gasteiger partial charge in [-0.05, 0) is 30.5 Å². The second-order valence-electron chi connectivity index (χ2n) is 5.36. The average molecular weight is 288 g/mol. The van der Waals surface area contributed by atoms with Crippen LogP contribution in [0.15, 0.2) is 22.7 Å². The van der Waals surface area contributed by atoms with E-state index in [9.17, 15) is 0 Å². The summed E-state index contributed by atoms with van der Waals surface area (Å²) in [6, 6.07) is 6.06. The monoisotopic (exact) mass is 288 g/mol. The Kier molecular flexibility index (Phi) is 5.26. The van der Waals surface area contributed by atoms with Gasteiger partial charge in [-0.25, -0.2) is 0 Å². The van der Waals surface area contributed by atoms with E-state index in [0.29, 0.717) is 5.82 Å². The molecule has 0 radical (unpaired) electrons. The molecule has 0 spiro atoms. The van der Waals surface area contributed by atoms with Crippen molar-refractivity contribution in [2.75, 3.05) is 12.8 Å². The molecule has 0 atom stereocenters. The van der Waals surface area contributed by atoms with Crippen molar-refractivity contribution >= 4 is 5.82 Å². The van der Waals surface area contributed by atoms with Gasteiger partial charge in [0.15, 0.2) is 5.82 Å². The molecule has 4 nitrogen and oxygen atoms in total. The van der Waals surface area contributed by atoms with Crippen LogP contribution in [0.1, 0.15) is 43.9 Å². The van der Waals surface area contributed by atoms with E-state index < -0.39 is 0 Å². The number of benzene rings is 1. The summed E-state index contributed by atoms with van der Waals surface area (Å²) in [6.45, 7) is 4.22. The van der Waals surface area contributed by atoms with Gasteiger partial charge < -0.3 is 15.0 Å². The smallest absolute Gasteiger partial charge is 0.175 e. The van der Waals surface area contributed by atoms with Crippen LogP contribution in [0.2, 0.25) is 0 Å². The van der Waals surface area contributed by atoms with Crippen LogP contribution < -0.4 is 10.5 Å². The molecule has 1 heterocycles. The fraction of sp³-hybridized carbons (Fsp3) is 0.471. The number of aryl methyl sites for hydroxylation is 2. The summed E-state index contributed by atoms with van der Waals surface area (Å²) in [7, 11) is 1.68. The first-order valence-electron chi connectivity index (χ1n) is 7.56. The van der Waals surface area contributed by atoms with E-state index in [2.05, 4.69) is 12.1 Å². The molecular formula is C17H24N2O2. The number of unbranched alkanes of at least 4 members (excludes halogenated alkanes) is 3. The molecule has 0 saturated heterocycles. The number of methoxy groups -OCH3 is 1. The van der Waals surface area contributed by atoms with E-state index in [1.54, 1.807) is 7.11 Å². The Labute approximate surface area is 126 Å². The molecule has 0 fully saturated rings. The zero-order valence-electron chi connectivity index (χ0n) is 13.1. The molecule has 4 heteroatoms. The first kappa shape index (κ1) is 15.4. The summed E-state index contributed by atoms with van der Waals surface area (Å²) in [5.74, 6) is 2.17. The topological polar surface area (TPSA) is 61.3 Å². The average Bonchev–Trinajstić information content (AvgIpc) is 2.85. The SMILES string of the molecule is CCCCCCc1onc(N)c1-c1ccc(C)c(OC)c1. The number of nitrogen functional groups attached to an aromatic ring is 1. The van der Waals surface area contributed by atoms with E-state index in [1.165, 1.54) is 19.3 Å². The molecule has 0 unspecified atom stereocenters. The third kappa shape index (κ3) is 3.57. The summed E-state index contributed by atoms with van der Waals surface area (Å²) >= 11 is 0. The van der Waals surface area contributed by atoms with Crippen LogP contribution in [0.3, 0.4) is 0 Å². The number of hydrogen-bond donors (Lipinski definition) is 1. The van der Waals surface area contributed by atoms with Gasteiger partial charge >= 0.3 is 0 Å². The summed E-state index contributed by atoms with van der Waals surface area (Å²) in [5, 5.41) is 3.93. The van der Waals surface area contributed by atoms with Crippen LogP contribution in [0.25, 0.3) is 11.1 Å². The van der Waals surface area contributed by atoms with Crippen LogP contribution in [0.4, 0.5) is 5.82 Å². The van der Waals surface area contributed by atoms with E-state index in [0.717, 1.165) is 41.0 Å². The first-order valence-corrected chi connectivity index (χ1v) is 7.56. The molecule has 0 aliphatic carbocycles. The molecule has 21 heavy (non-hydrogen) atoms. The highest BCUT2D eigenvalue weighted by molar-refractivity contribution is 5.76. The Hall–Kier alpha value is -1.97. The quantitative estimate of drug-likeness (QED) is 0.769. The van der Waals surface area contributed by atoms with Crippen LogP contribution in [0.5, 0.6) is 5.75 Å². The van der Waals surface area contributed by atoms with Crippen molar-refractivity contribution in [3.63, 3.8) is 0 Å². The Morgan fingerprint density at radius 3 is 2.76 bits per heavy atom. The Morgan fingerprint density at radius 1 is 1.24 bits per heavy atom. The first-order chi connectivity index (χ1) is 10.2. The largest absolute Gasteiger partial charge is 0.496 e. The molecular weight excluding hydrogens is 264 g/mol. The normalized spacial score (nSPS) is 10.8. The lowest BCUT2D eigenvalue weighted by Gasteiger charge is -2.08. The summed E-state index contributed by atoms with van der Waals surface area (Å²) < 4.78 is 10.8. The van der Waals surface area contributed by atoms with E-state index in [4.69, 9.17) is 15.0 Å². The van der Waals surface area contributed by atoms with Crippen molar-refractivity contribution in [2.24, 2.45) is 0 Å². The number of nitrogens with two attached hydrogens (primary N) is 1. The lowest BCUT2D eigenvalue weighted by molar-refractivity contribution is 0.382. The van der Waals surface area contributed by atoms with Crippen molar-refractivity contribution in [3.05, 3.63) is 29.5 Å². The van der Waals surface area contributed by atoms with Gasteiger partial charge in [0.2, 0.25) is 0 Å². The minimum Gasteiger partial charge on any atom is -0.496 e. The predicted octanol–water partition coefficient (Wildman–Crippen LogP) is 4.36. The van der Waals surface area contributed by atoms with Gasteiger partial charge in [0.25, 0.3) is 0 Å². The van der Waals surface area contributed by atoms with E-state index in [1.807, 2.05) is 25.1 Å². The maximum absolute atomic E-state index is 5.99. The maximum Gasteiger partial charge on any atom is 0.175 e. The van der Waals surface area contributed by atoms with Crippen molar-refractivity contribution in [3.8, 4) is 16.9 Å². The molecule has 2 rings (SSSR count). The lowest BCUT2D eigenvalue weighted by Crippen LogP contribution is -1.93. The van der Waals surface area contributed by atoms with Crippen LogP contribution in [-0.4, -0.2) is 12.3 Å². The molecule has 1 aromatic heterocycles. The predicted molar refractivity (Wildman–Crippen MR) is 85.5 cm³/mol. The highest BCUT2D eigenvalue weighted by atomic mass is 16.5. The number of hydrogen-bond acceptors (Lipinski definition) is 4. The van der Waals surface area contributed by atoms with Crippen molar-refractivity contribution in [1.29, 1.82) is 0 Å². The lowest BCUT2D eigenvalue weighted by atomic mass is 10.0. The number of aromatic nitrogens is 1. The van der Waals surface area contributed by atoms with Gasteiger partial charge in [0.1, 0.15) is 11.5 Å². The second kappa shape index (κ2) is 7.16. The third-order valence-electron chi connectivity index (χ3n) is 3.74. The zero-order valence-corrected chi connectivity index (χ0v) is 13.1. The summed E-state index contributed by atoms with van der Waals surface area (Å²) in [6.07, 6.45) is 5.64. The van der Waals surface area contributed by atoms with Gasteiger partial charge in [-0.2, -0.15) is 0 Å². The van der Waals surface area contributed by atoms with E-state index >= 15 is 0 Å². The van der Waals surface area contributed by atoms with Gasteiger partial charge in [-0.3, -0.25) is 0 Å². The molecule has 0 amide bonds. The van der Waals surface area contributed by atoms with Gasteiger partial charge in [-0.1, -0.05) is 43.5 Å². The third-order valence-corrected chi connectivity index (χ3v) is 3.74. The molecule has 0 aliphatic heterocycles. The van der Waals surface area contributed by atoms with Crippen LogP contribution in [-0.2, 0) is 6.42 Å². The fourth-order valence-electron chi connectivity index (χ4n) is 2.51. The molecule has 2 N–H and O–H groups in total. The van der Waals surface area contributed by atoms with Crippen LogP contribution in [0, 0.1) is 6.92 Å². The minimum atomic E-state index is 0.450. The van der Waals surface area contributed by atoms with Crippen molar-refractivity contribution in [1.82, 2.24) is 5.16 Å². The number of anilines is 1. The number of rotatable bonds is 7. The molecule has 1 aromatic carbocycles. The minimum absolute atomic E-state index is 0.450. The standard InChI is InChI=1S/C17H24N2O2/c1-4-5-6-7-8-14-16(17(18)19-21-14)13-10-9-12(2)15(11-13)20-3/h9-11H,4-8H2,1-3H3,(H2,18,19). The van der Waals surface area contributed by atoms with Crippen LogP contribution >= 0.6 is 0 Å². The Morgan fingerprint density at radius 2 is 2.05 bits per heavy atom. The van der Waals surface area contributed by atoms with Gasteiger partial charge in [0.05, 0.1) is 12.7 Å². The Balaban J connectivity index is 2.24. The fourth-order valence-corrected chi connectivity index (χ4v) is 2.51. The van der Waals surface area contributed by atoms with Gasteiger partial charge in [-0.15, -0.1) is 0 Å². The molecule has 0 aliphatic rings. The summed E-state index contributed by atoms with van der Waals surface area (Å²) in [4.78, 5) is 0. The van der Waals surface area contributed by atoms with Gasteiger partial charge in [0, 0.05) is 6.42 Å². The highest BCUT2D eigenvalue weighted by Gasteiger charge is 2.16. The van der Waals surface area contributed by atoms with Crippen molar-refractivity contribution in [2.45, 2.75) is 46.0 Å². The van der Waals surface area contributed by atoms with Crippen molar-refractivity contribution < 1.29 is 9.26 Å². The Bertz CT molecular complexity index is 590. The second-order valence-corrected chi connectivity index (χ2v) is 5.36. The molecule has 0 saturated carbocycles. The molecule has 0 bridgehead atoms. The molecule has 2 aromatic rings. The highest BCUT2D eigenvalue weighted by Crippen LogP contribution is 2.33. The summed E-state index contributed by atoms with van der Waals surface area (Å²) in [5.41, 5.74) is 8.99. The maximum atomic E-state index is 5.99.